The lowest BCUT2D eigenvalue weighted by atomic mass is 10.5. The van der Waals surface area contributed by atoms with Crippen LogP contribution in [0.1, 0.15) is 6.42 Å². The Labute approximate surface area is 79.2 Å². The molecule has 13 heavy (non-hydrogen) atoms. The van der Waals surface area contributed by atoms with E-state index in [4.69, 9.17) is 16.7 Å². The minimum Gasteiger partial charge on any atom is -0.493 e. The zero-order chi connectivity index (χ0) is 10.0. The predicted molar refractivity (Wildman–Crippen MR) is 46.8 cm³/mol. The Balaban J connectivity index is 2.84. The first kappa shape index (κ1) is 9.85. The van der Waals surface area contributed by atoms with Gasteiger partial charge in [-0.3, -0.25) is 13.9 Å². The number of halogens is 1. The average molecular weight is 205 g/mol. The van der Waals surface area contributed by atoms with Crippen LogP contribution in [0.3, 0.4) is 0 Å². The zero-order valence-corrected chi connectivity index (χ0v) is 7.78. The summed E-state index contributed by atoms with van der Waals surface area (Å²) in [6.07, 6.45) is 1.34. The molecule has 0 saturated carbocycles. The first-order valence-electron chi connectivity index (χ1n) is 3.66. The molecule has 0 fully saturated rings. The molecule has 72 valence electrons. The molecule has 0 spiro atoms. The smallest absolute Gasteiger partial charge is 0.330 e. The molecule has 6 heteroatoms. The van der Waals surface area contributed by atoms with Gasteiger partial charge in [-0.1, -0.05) is 0 Å². The van der Waals surface area contributed by atoms with Crippen molar-refractivity contribution in [1.29, 1.82) is 0 Å². The SMILES string of the molecule is Cn1c(O)cn(CCC(=O)Cl)c1=O. The van der Waals surface area contributed by atoms with Gasteiger partial charge in [-0.05, 0) is 11.6 Å². The highest BCUT2D eigenvalue weighted by molar-refractivity contribution is 6.63. The van der Waals surface area contributed by atoms with Crippen molar-refractivity contribution in [2.75, 3.05) is 0 Å². The van der Waals surface area contributed by atoms with Crippen molar-refractivity contribution in [3.8, 4) is 5.88 Å². The second-order valence-electron chi connectivity index (χ2n) is 2.63. The zero-order valence-electron chi connectivity index (χ0n) is 7.03. The maximum Gasteiger partial charge on any atom is 0.330 e. The van der Waals surface area contributed by atoms with Crippen molar-refractivity contribution in [1.82, 2.24) is 9.13 Å². The van der Waals surface area contributed by atoms with Crippen molar-refractivity contribution < 1.29 is 9.90 Å². The highest BCUT2D eigenvalue weighted by atomic mass is 35.5. The second kappa shape index (κ2) is 3.66. The predicted octanol–water partition coefficient (Wildman–Crippen LogP) is 0.0479. The summed E-state index contributed by atoms with van der Waals surface area (Å²) in [4.78, 5) is 21.6. The standard InChI is InChI=1S/C7H9ClN2O3/c1-9-6(12)4-10(7(9)13)3-2-5(8)11/h4,12H,2-3H2,1H3. The summed E-state index contributed by atoms with van der Waals surface area (Å²) in [5.74, 6) is -0.132. The number of hydrogen-bond acceptors (Lipinski definition) is 3. The number of carbonyl (C=O) groups is 1. The number of nitrogens with zero attached hydrogens (tertiary/aromatic N) is 2. The van der Waals surface area contributed by atoms with Gasteiger partial charge in [0.2, 0.25) is 11.1 Å². The molecule has 1 aromatic rings. The highest BCUT2D eigenvalue weighted by Gasteiger charge is 2.06. The summed E-state index contributed by atoms with van der Waals surface area (Å²) in [5, 5.41) is 8.61. The first-order chi connectivity index (χ1) is 6.02. The van der Waals surface area contributed by atoms with Crippen molar-refractivity contribution in [3.05, 3.63) is 16.7 Å². The lowest BCUT2D eigenvalue weighted by Gasteiger charge is -1.95. The Hall–Kier alpha value is -1.23. The first-order valence-corrected chi connectivity index (χ1v) is 4.03. The molecule has 0 aliphatic carbocycles. The molecule has 0 aliphatic heterocycles. The molecule has 0 aliphatic rings. The average Bonchev–Trinajstić information content (AvgIpc) is 2.29. The maximum atomic E-state index is 11.2. The highest BCUT2D eigenvalue weighted by Crippen LogP contribution is 2.03. The molecule has 5 nitrogen and oxygen atoms in total. The second-order valence-corrected chi connectivity index (χ2v) is 3.05. The summed E-state index contributed by atoms with van der Waals surface area (Å²) in [5.41, 5.74) is -0.365. The summed E-state index contributed by atoms with van der Waals surface area (Å²) in [6, 6.07) is 0. The van der Waals surface area contributed by atoms with Crippen LogP contribution in [0, 0.1) is 0 Å². The van der Waals surface area contributed by atoms with Gasteiger partial charge in [0.05, 0.1) is 6.20 Å². The van der Waals surface area contributed by atoms with Gasteiger partial charge in [-0.2, -0.15) is 0 Å². The fraction of sp³-hybridized carbons (Fsp3) is 0.429. The third kappa shape index (κ3) is 2.12. The van der Waals surface area contributed by atoms with Gasteiger partial charge >= 0.3 is 5.69 Å². The third-order valence-corrected chi connectivity index (χ3v) is 1.89. The number of aromatic hydroxyl groups is 1. The maximum absolute atomic E-state index is 11.2. The van der Waals surface area contributed by atoms with Gasteiger partial charge in [0, 0.05) is 20.0 Å². The van der Waals surface area contributed by atoms with Crippen LogP contribution in [-0.2, 0) is 18.4 Å². The van der Waals surface area contributed by atoms with E-state index >= 15 is 0 Å². The van der Waals surface area contributed by atoms with Crippen LogP contribution in [0.4, 0.5) is 0 Å². The van der Waals surface area contributed by atoms with Crippen molar-refractivity contribution in [2.45, 2.75) is 13.0 Å². The molecule has 1 aromatic heterocycles. The molecule has 0 aromatic carbocycles. The number of rotatable bonds is 3. The lowest BCUT2D eigenvalue weighted by molar-refractivity contribution is -0.111. The van der Waals surface area contributed by atoms with Crippen LogP contribution in [0.25, 0.3) is 0 Å². The lowest BCUT2D eigenvalue weighted by Crippen LogP contribution is -2.22. The normalized spacial score (nSPS) is 10.3. The fourth-order valence-corrected chi connectivity index (χ4v) is 1.02. The number of imidazole rings is 1. The number of carbonyl (C=O) groups excluding carboxylic acids is 1. The molecule has 1 rings (SSSR count). The van der Waals surface area contributed by atoms with E-state index in [9.17, 15) is 9.59 Å². The van der Waals surface area contributed by atoms with Crippen molar-refractivity contribution in [2.24, 2.45) is 7.05 Å². The topological polar surface area (TPSA) is 64.2 Å². The van der Waals surface area contributed by atoms with Crippen molar-refractivity contribution in [3.63, 3.8) is 0 Å². The van der Waals surface area contributed by atoms with E-state index < -0.39 is 5.24 Å². The largest absolute Gasteiger partial charge is 0.493 e. The minimum absolute atomic E-state index is 0.0743. The molecule has 0 radical (unpaired) electrons. The van der Waals surface area contributed by atoms with Gasteiger partial charge in [0.25, 0.3) is 0 Å². The van der Waals surface area contributed by atoms with E-state index in [-0.39, 0.29) is 24.5 Å². The minimum atomic E-state index is -0.504. The van der Waals surface area contributed by atoms with Gasteiger partial charge in [-0.25, -0.2) is 4.79 Å². The Morgan fingerprint density at radius 3 is 2.69 bits per heavy atom. The number of hydrogen-bond donors (Lipinski definition) is 1. The molecule has 0 amide bonds. The van der Waals surface area contributed by atoms with E-state index in [0.29, 0.717) is 0 Å². The van der Waals surface area contributed by atoms with Gasteiger partial charge in [-0.15, -0.1) is 0 Å². The van der Waals surface area contributed by atoms with Gasteiger partial charge < -0.3 is 5.11 Å². The Morgan fingerprint density at radius 2 is 2.31 bits per heavy atom. The molecule has 0 unspecified atom stereocenters. The van der Waals surface area contributed by atoms with Gasteiger partial charge in [0.1, 0.15) is 0 Å². The Kier molecular flexibility index (Phi) is 2.77. The Morgan fingerprint density at radius 1 is 1.69 bits per heavy atom. The summed E-state index contributed by atoms with van der Waals surface area (Å²) < 4.78 is 2.31. The molecule has 1 N–H and O–H groups in total. The molecular formula is C7H9ClN2O3. The molecule has 0 atom stereocenters. The van der Waals surface area contributed by atoms with E-state index in [0.717, 1.165) is 4.57 Å². The van der Waals surface area contributed by atoms with Crippen LogP contribution in [0.15, 0.2) is 11.0 Å². The van der Waals surface area contributed by atoms with Crippen LogP contribution < -0.4 is 5.69 Å². The number of aromatic nitrogens is 2. The third-order valence-electron chi connectivity index (χ3n) is 1.70. The summed E-state index contributed by atoms with van der Waals surface area (Å²) in [6.45, 7) is 0.190. The van der Waals surface area contributed by atoms with Crippen LogP contribution in [-0.4, -0.2) is 19.5 Å². The quantitative estimate of drug-likeness (QED) is 0.708. The monoisotopic (exact) mass is 204 g/mol. The fourth-order valence-electron chi connectivity index (χ4n) is 0.940. The van der Waals surface area contributed by atoms with E-state index in [1.807, 2.05) is 0 Å². The number of aryl methyl sites for hydroxylation is 1. The van der Waals surface area contributed by atoms with E-state index in [1.54, 1.807) is 0 Å². The van der Waals surface area contributed by atoms with Crippen LogP contribution >= 0.6 is 11.6 Å². The summed E-state index contributed by atoms with van der Waals surface area (Å²) >= 11 is 5.10. The molecule has 0 saturated heterocycles. The Bertz CT molecular complexity index is 380. The molecule has 0 bridgehead atoms. The van der Waals surface area contributed by atoms with Crippen LogP contribution in [0.2, 0.25) is 0 Å². The van der Waals surface area contributed by atoms with Crippen LogP contribution in [0.5, 0.6) is 5.88 Å². The van der Waals surface area contributed by atoms with Crippen molar-refractivity contribution >= 4 is 16.8 Å². The summed E-state index contributed by atoms with van der Waals surface area (Å²) in [7, 11) is 1.44. The van der Waals surface area contributed by atoms with E-state index in [1.165, 1.54) is 17.8 Å². The van der Waals surface area contributed by atoms with E-state index in [2.05, 4.69) is 0 Å². The van der Waals surface area contributed by atoms with Gasteiger partial charge in [0.15, 0.2) is 0 Å². The molecular weight excluding hydrogens is 196 g/mol. The molecule has 1 heterocycles.